The number of piperidine rings is 1. The van der Waals surface area contributed by atoms with Gasteiger partial charge in [-0.15, -0.1) is 0 Å². The Morgan fingerprint density at radius 1 is 1.06 bits per heavy atom. The van der Waals surface area contributed by atoms with E-state index in [1.807, 2.05) is 36.4 Å². The summed E-state index contributed by atoms with van der Waals surface area (Å²) in [7, 11) is 0. The summed E-state index contributed by atoms with van der Waals surface area (Å²) in [6, 6.07) is 11.6. The predicted octanol–water partition coefficient (Wildman–Crippen LogP) is 4.19. The van der Waals surface area contributed by atoms with Crippen LogP contribution < -0.4 is 21.3 Å². The second-order valence-electron chi connectivity index (χ2n) is 8.54. The molecule has 8 heteroatoms. The van der Waals surface area contributed by atoms with Crippen molar-refractivity contribution in [2.75, 3.05) is 29.0 Å². The van der Waals surface area contributed by atoms with E-state index in [1.165, 1.54) is 13.8 Å². The second-order valence-corrected chi connectivity index (χ2v) is 8.98. The number of benzene rings is 2. The number of hydrogen-bond acceptors (Lipinski definition) is 4. The van der Waals surface area contributed by atoms with Gasteiger partial charge >= 0.3 is 0 Å². The average molecular weight is 454 g/mol. The highest BCUT2D eigenvalue weighted by Crippen LogP contribution is 2.43. The van der Waals surface area contributed by atoms with Gasteiger partial charge in [-0.25, -0.2) is 0 Å². The van der Waals surface area contributed by atoms with Gasteiger partial charge in [0.25, 0.3) is 0 Å². The van der Waals surface area contributed by atoms with Crippen LogP contribution in [0.4, 0.5) is 17.1 Å². The first kappa shape index (κ1) is 22.3. The van der Waals surface area contributed by atoms with E-state index < -0.39 is 0 Å². The highest BCUT2D eigenvalue weighted by atomic mass is 35.5. The number of amides is 2. The molecule has 0 atom stereocenters. The first-order valence-corrected chi connectivity index (χ1v) is 11.2. The predicted molar refractivity (Wildman–Crippen MR) is 130 cm³/mol. The number of carbonyl (C=O) groups excluding carboxylic acids is 2. The number of rotatable bonds is 4. The summed E-state index contributed by atoms with van der Waals surface area (Å²) < 4.78 is 0. The Hall–Kier alpha value is -2.90. The lowest BCUT2D eigenvalue weighted by Gasteiger charge is -2.43. The van der Waals surface area contributed by atoms with Crippen molar-refractivity contribution in [2.24, 2.45) is 10.4 Å². The highest BCUT2D eigenvalue weighted by molar-refractivity contribution is 6.30. The average Bonchev–Trinajstić information content (AvgIpc) is 2.73. The van der Waals surface area contributed by atoms with Gasteiger partial charge in [0.05, 0.1) is 17.9 Å². The maximum Gasteiger partial charge on any atom is 0.221 e. The fourth-order valence-corrected chi connectivity index (χ4v) is 4.75. The first-order valence-electron chi connectivity index (χ1n) is 10.8. The standard InChI is InChI=1S/C24H28ClN5O2/c1-15(31)28-21-11-18-13-24(6-8-26-9-7-24)23(27-14-17-4-3-5-19(25)10-17)30-20(18)12-22(21)29-16(2)32/h3-5,10-12,26H,6-9,13-14H2,1-2H3,(H,27,30)(H,28,31)(H,29,32). The maximum absolute atomic E-state index is 11.7. The Bertz CT molecular complexity index is 1080. The summed E-state index contributed by atoms with van der Waals surface area (Å²) in [5, 5.41) is 13.4. The Morgan fingerprint density at radius 3 is 2.41 bits per heavy atom. The van der Waals surface area contributed by atoms with Gasteiger partial charge in [0.2, 0.25) is 11.8 Å². The van der Waals surface area contributed by atoms with Crippen molar-refractivity contribution < 1.29 is 9.59 Å². The van der Waals surface area contributed by atoms with E-state index in [0.717, 1.165) is 55.0 Å². The molecule has 0 radical (unpaired) electrons. The van der Waals surface area contributed by atoms with E-state index >= 15 is 0 Å². The number of aliphatic imine (C=N–C) groups is 1. The number of nitrogens with one attached hydrogen (secondary N) is 4. The molecule has 4 N–H and O–H groups in total. The Labute approximate surface area is 193 Å². The van der Waals surface area contributed by atoms with Crippen LogP contribution in [0.3, 0.4) is 0 Å². The zero-order chi connectivity index (χ0) is 22.7. The molecule has 32 heavy (non-hydrogen) atoms. The van der Waals surface area contributed by atoms with Crippen molar-refractivity contribution in [3.05, 3.63) is 52.5 Å². The quantitative estimate of drug-likeness (QED) is 0.558. The molecule has 0 aromatic heterocycles. The molecular weight excluding hydrogens is 426 g/mol. The van der Waals surface area contributed by atoms with Crippen LogP contribution in [0.2, 0.25) is 5.02 Å². The number of halogens is 1. The zero-order valence-corrected chi connectivity index (χ0v) is 19.1. The summed E-state index contributed by atoms with van der Waals surface area (Å²) in [5.74, 6) is 0.588. The minimum absolute atomic E-state index is 0.0974. The number of fused-ring (bicyclic) bond motifs is 1. The van der Waals surface area contributed by atoms with Crippen LogP contribution in [0.1, 0.15) is 37.8 Å². The molecule has 168 valence electrons. The third-order valence-corrected chi connectivity index (χ3v) is 6.25. The van der Waals surface area contributed by atoms with Crippen LogP contribution in [0.15, 0.2) is 41.4 Å². The van der Waals surface area contributed by atoms with E-state index in [-0.39, 0.29) is 17.2 Å². The van der Waals surface area contributed by atoms with E-state index in [4.69, 9.17) is 16.6 Å². The summed E-state index contributed by atoms with van der Waals surface area (Å²) in [4.78, 5) is 28.5. The van der Waals surface area contributed by atoms with Crippen LogP contribution in [-0.2, 0) is 22.6 Å². The normalized spacial score (nSPS) is 18.0. The molecule has 1 saturated heterocycles. The first-order chi connectivity index (χ1) is 15.3. The molecule has 2 heterocycles. The number of nitrogens with zero attached hydrogens (tertiary/aromatic N) is 1. The lowest BCUT2D eigenvalue weighted by atomic mass is 9.70. The molecule has 2 amide bonds. The van der Waals surface area contributed by atoms with Crippen molar-refractivity contribution >= 4 is 46.3 Å². The van der Waals surface area contributed by atoms with Crippen LogP contribution in [0.25, 0.3) is 0 Å². The smallest absolute Gasteiger partial charge is 0.221 e. The van der Waals surface area contributed by atoms with Gasteiger partial charge in [-0.1, -0.05) is 23.7 Å². The third kappa shape index (κ3) is 4.95. The lowest BCUT2D eigenvalue weighted by molar-refractivity contribution is -0.115. The highest BCUT2D eigenvalue weighted by Gasteiger charge is 2.41. The van der Waals surface area contributed by atoms with Crippen molar-refractivity contribution in [2.45, 2.75) is 39.7 Å². The molecule has 0 aliphatic carbocycles. The molecule has 2 aromatic carbocycles. The van der Waals surface area contributed by atoms with E-state index in [2.05, 4.69) is 21.3 Å². The second kappa shape index (κ2) is 9.30. The molecule has 1 spiro atoms. The molecule has 7 nitrogen and oxygen atoms in total. The number of amidine groups is 1. The minimum Gasteiger partial charge on any atom is -0.343 e. The Kier molecular flexibility index (Phi) is 6.48. The molecule has 0 saturated carbocycles. The molecular formula is C24H28ClN5O2. The van der Waals surface area contributed by atoms with Gasteiger partial charge in [-0.05, 0) is 67.7 Å². The third-order valence-electron chi connectivity index (χ3n) is 6.02. The van der Waals surface area contributed by atoms with Crippen LogP contribution >= 0.6 is 11.6 Å². The number of anilines is 3. The van der Waals surface area contributed by atoms with E-state index in [1.54, 1.807) is 0 Å². The summed E-state index contributed by atoms with van der Waals surface area (Å²) in [5.41, 5.74) is 4.14. The summed E-state index contributed by atoms with van der Waals surface area (Å²) >= 11 is 6.15. The van der Waals surface area contributed by atoms with Gasteiger partial charge in [0, 0.05) is 30.0 Å². The Balaban J connectivity index is 1.72. The SMILES string of the molecule is CC(=O)Nc1cc2c(cc1NC(C)=O)NC(=NCc1cccc(Cl)c1)C1(CCNCC1)C2. The maximum atomic E-state index is 11.7. The molecule has 2 aromatic rings. The number of carbonyl (C=O) groups is 2. The molecule has 0 bridgehead atoms. The fraction of sp³-hybridized carbons (Fsp3) is 0.375. The van der Waals surface area contributed by atoms with Gasteiger partial charge in [0.1, 0.15) is 5.84 Å². The van der Waals surface area contributed by atoms with Gasteiger partial charge in [0.15, 0.2) is 0 Å². The Morgan fingerprint density at radius 2 is 1.75 bits per heavy atom. The van der Waals surface area contributed by atoms with E-state index in [9.17, 15) is 9.59 Å². The molecule has 4 rings (SSSR count). The molecule has 0 unspecified atom stereocenters. The topological polar surface area (TPSA) is 94.6 Å². The summed E-state index contributed by atoms with van der Waals surface area (Å²) in [6.45, 7) is 5.30. The van der Waals surface area contributed by atoms with Crippen molar-refractivity contribution in [1.29, 1.82) is 0 Å². The van der Waals surface area contributed by atoms with E-state index in [0.29, 0.717) is 22.9 Å². The molecule has 2 aliphatic rings. The summed E-state index contributed by atoms with van der Waals surface area (Å²) in [6.07, 6.45) is 2.76. The van der Waals surface area contributed by atoms with Crippen molar-refractivity contribution in [1.82, 2.24) is 5.32 Å². The van der Waals surface area contributed by atoms with Crippen LogP contribution in [0.5, 0.6) is 0 Å². The fourth-order valence-electron chi connectivity index (χ4n) is 4.53. The van der Waals surface area contributed by atoms with Crippen molar-refractivity contribution in [3.8, 4) is 0 Å². The molecule has 1 fully saturated rings. The monoisotopic (exact) mass is 453 g/mol. The van der Waals surface area contributed by atoms with Crippen LogP contribution in [-0.4, -0.2) is 30.7 Å². The van der Waals surface area contributed by atoms with Crippen molar-refractivity contribution in [3.63, 3.8) is 0 Å². The van der Waals surface area contributed by atoms with Gasteiger partial charge in [-0.2, -0.15) is 0 Å². The largest absolute Gasteiger partial charge is 0.343 e. The van der Waals surface area contributed by atoms with Gasteiger partial charge in [-0.3, -0.25) is 14.6 Å². The number of hydrogen-bond donors (Lipinski definition) is 4. The van der Waals surface area contributed by atoms with Gasteiger partial charge < -0.3 is 21.3 Å². The van der Waals surface area contributed by atoms with Crippen LogP contribution in [0, 0.1) is 5.41 Å². The zero-order valence-electron chi connectivity index (χ0n) is 18.3. The molecule has 2 aliphatic heterocycles. The minimum atomic E-state index is -0.197. The lowest BCUT2D eigenvalue weighted by Crippen LogP contribution is -2.48.